The number of carboxylic acid groups (broad SMARTS) is 1. The van der Waals surface area contributed by atoms with E-state index in [0.717, 1.165) is 12.8 Å². The van der Waals surface area contributed by atoms with Gasteiger partial charge in [0.15, 0.2) is 0 Å². The molecule has 3 nitrogen and oxygen atoms in total. The Kier molecular flexibility index (Phi) is 4.59. The van der Waals surface area contributed by atoms with Gasteiger partial charge in [-0.3, -0.25) is 10.1 Å². The van der Waals surface area contributed by atoms with Crippen LogP contribution in [0.1, 0.15) is 53.9 Å². The maximum Gasteiger partial charge on any atom is 0.323 e. The average Bonchev–Trinajstić information content (AvgIpc) is 2.03. The van der Waals surface area contributed by atoms with E-state index >= 15 is 0 Å². The van der Waals surface area contributed by atoms with Crippen molar-refractivity contribution in [2.24, 2.45) is 0 Å². The molecule has 0 rings (SSSR count). The summed E-state index contributed by atoms with van der Waals surface area (Å²) in [6.45, 7) is 9.88. The molecular formula is C11H23NO2. The van der Waals surface area contributed by atoms with Crippen molar-refractivity contribution < 1.29 is 9.90 Å². The Hall–Kier alpha value is -0.570. The van der Waals surface area contributed by atoms with Gasteiger partial charge < -0.3 is 5.11 Å². The lowest BCUT2D eigenvalue weighted by molar-refractivity contribution is -0.145. The molecule has 1 unspecified atom stereocenters. The minimum Gasteiger partial charge on any atom is -0.480 e. The predicted molar refractivity (Wildman–Crippen MR) is 58.5 cm³/mol. The Morgan fingerprint density at radius 2 is 1.79 bits per heavy atom. The SMILES string of the molecule is CCCC(C)(NC(C)(C)CC)C(=O)O. The fourth-order valence-electron chi connectivity index (χ4n) is 1.56. The first-order valence-corrected chi connectivity index (χ1v) is 5.30. The Labute approximate surface area is 86.9 Å². The fourth-order valence-corrected chi connectivity index (χ4v) is 1.56. The third-order valence-electron chi connectivity index (χ3n) is 2.72. The van der Waals surface area contributed by atoms with Crippen molar-refractivity contribution in [2.75, 3.05) is 0 Å². The minimum absolute atomic E-state index is 0.123. The summed E-state index contributed by atoms with van der Waals surface area (Å²) in [7, 11) is 0. The summed E-state index contributed by atoms with van der Waals surface area (Å²) < 4.78 is 0. The van der Waals surface area contributed by atoms with Crippen molar-refractivity contribution in [3.63, 3.8) is 0 Å². The zero-order chi connectivity index (χ0) is 11.4. The Balaban J connectivity index is 4.60. The van der Waals surface area contributed by atoms with Crippen LogP contribution in [-0.2, 0) is 4.79 Å². The molecule has 0 bridgehead atoms. The van der Waals surface area contributed by atoms with Crippen LogP contribution in [0.25, 0.3) is 0 Å². The summed E-state index contributed by atoms with van der Waals surface area (Å²) in [6, 6.07) is 0. The van der Waals surface area contributed by atoms with E-state index in [4.69, 9.17) is 5.11 Å². The molecule has 0 heterocycles. The van der Waals surface area contributed by atoms with Crippen LogP contribution in [0.5, 0.6) is 0 Å². The van der Waals surface area contributed by atoms with E-state index in [9.17, 15) is 4.79 Å². The Morgan fingerprint density at radius 3 is 2.07 bits per heavy atom. The topological polar surface area (TPSA) is 49.3 Å². The van der Waals surface area contributed by atoms with Gasteiger partial charge in [0, 0.05) is 5.54 Å². The first-order valence-electron chi connectivity index (χ1n) is 5.30. The summed E-state index contributed by atoms with van der Waals surface area (Å²) >= 11 is 0. The highest BCUT2D eigenvalue weighted by molar-refractivity contribution is 5.78. The lowest BCUT2D eigenvalue weighted by atomic mass is 9.90. The van der Waals surface area contributed by atoms with Gasteiger partial charge in [-0.05, 0) is 33.6 Å². The normalized spacial score (nSPS) is 16.4. The summed E-state index contributed by atoms with van der Waals surface area (Å²) in [6.07, 6.45) is 2.45. The van der Waals surface area contributed by atoms with Crippen LogP contribution in [-0.4, -0.2) is 22.2 Å². The molecule has 14 heavy (non-hydrogen) atoms. The first-order chi connectivity index (χ1) is 6.27. The number of aliphatic carboxylic acids is 1. The third kappa shape index (κ3) is 3.66. The van der Waals surface area contributed by atoms with Gasteiger partial charge in [-0.25, -0.2) is 0 Å². The van der Waals surface area contributed by atoms with Gasteiger partial charge in [-0.1, -0.05) is 20.3 Å². The van der Waals surface area contributed by atoms with Crippen LogP contribution in [0.15, 0.2) is 0 Å². The molecular weight excluding hydrogens is 178 g/mol. The van der Waals surface area contributed by atoms with E-state index in [1.54, 1.807) is 6.92 Å². The van der Waals surface area contributed by atoms with Crippen LogP contribution >= 0.6 is 0 Å². The predicted octanol–water partition coefficient (Wildman–Crippen LogP) is 2.41. The van der Waals surface area contributed by atoms with Gasteiger partial charge in [-0.15, -0.1) is 0 Å². The van der Waals surface area contributed by atoms with E-state index in [-0.39, 0.29) is 5.54 Å². The van der Waals surface area contributed by atoms with Gasteiger partial charge in [0.2, 0.25) is 0 Å². The molecule has 2 N–H and O–H groups in total. The second-order valence-corrected chi connectivity index (χ2v) is 4.75. The molecule has 0 aromatic carbocycles. The monoisotopic (exact) mass is 201 g/mol. The summed E-state index contributed by atoms with van der Waals surface area (Å²) in [5.74, 6) is -0.763. The maximum atomic E-state index is 11.1. The van der Waals surface area contributed by atoms with E-state index < -0.39 is 11.5 Å². The fraction of sp³-hybridized carbons (Fsp3) is 0.909. The summed E-state index contributed by atoms with van der Waals surface area (Å²) in [5.41, 5.74) is -0.920. The largest absolute Gasteiger partial charge is 0.480 e. The number of carbonyl (C=O) groups is 1. The molecule has 0 amide bonds. The molecule has 0 aromatic heterocycles. The maximum absolute atomic E-state index is 11.1. The lowest BCUT2D eigenvalue weighted by Crippen LogP contribution is -2.57. The number of hydrogen-bond acceptors (Lipinski definition) is 2. The molecule has 0 spiro atoms. The standard InChI is InChI=1S/C11H23NO2/c1-6-8-11(5,9(13)14)12-10(3,4)7-2/h12H,6-8H2,1-5H3,(H,13,14). The average molecular weight is 201 g/mol. The first kappa shape index (κ1) is 13.4. The van der Waals surface area contributed by atoms with Crippen LogP contribution < -0.4 is 5.32 Å². The molecule has 0 saturated heterocycles. The highest BCUT2D eigenvalue weighted by Crippen LogP contribution is 2.19. The van der Waals surface area contributed by atoms with Crippen molar-refractivity contribution in [1.82, 2.24) is 5.32 Å². The van der Waals surface area contributed by atoms with E-state index in [2.05, 4.69) is 12.2 Å². The zero-order valence-electron chi connectivity index (χ0n) is 9.98. The van der Waals surface area contributed by atoms with Crippen molar-refractivity contribution >= 4 is 5.97 Å². The quantitative estimate of drug-likeness (QED) is 0.693. The summed E-state index contributed by atoms with van der Waals surface area (Å²) in [5, 5.41) is 12.4. The van der Waals surface area contributed by atoms with Gasteiger partial charge in [0.1, 0.15) is 5.54 Å². The zero-order valence-corrected chi connectivity index (χ0v) is 9.98. The molecule has 0 saturated carbocycles. The molecule has 0 aliphatic carbocycles. The second-order valence-electron chi connectivity index (χ2n) is 4.75. The number of hydrogen-bond donors (Lipinski definition) is 2. The van der Waals surface area contributed by atoms with Crippen LogP contribution in [0.4, 0.5) is 0 Å². The Morgan fingerprint density at radius 1 is 1.29 bits per heavy atom. The number of nitrogens with one attached hydrogen (secondary N) is 1. The molecule has 1 atom stereocenters. The van der Waals surface area contributed by atoms with Crippen LogP contribution in [0.3, 0.4) is 0 Å². The molecule has 0 aliphatic heterocycles. The molecule has 84 valence electrons. The molecule has 0 aliphatic rings. The molecule has 3 heteroatoms. The summed E-state index contributed by atoms with van der Waals surface area (Å²) in [4.78, 5) is 11.1. The third-order valence-corrected chi connectivity index (χ3v) is 2.72. The second kappa shape index (κ2) is 4.78. The molecule has 0 aromatic rings. The van der Waals surface area contributed by atoms with Crippen molar-refractivity contribution in [2.45, 2.75) is 65.0 Å². The highest BCUT2D eigenvalue weighted by Gasteiger charge is 2.36. The van der Waals surface area contributed by atoms with Crippen molar-refractivity contribution in [3.05, 3.63) is 0 Å². The van der Waals surface area contributed by atoms with E-state index in [1.165, 1.54) is 0 Å². The smallest absolute Gasteiger partial charge is 0.323 e. The minimum atomic E-state index is -0.797. The lowest BCUT2D eigenvalue weighted by Gasteiger charge is -2.36. The van der Waals surface area contributed by atoms with Gasteiger partial charge >= 0.3 is 5.97 Å². The van der Waals surface area contributed by atoms with E-state index in [0.29, 0.717) is 6.42 Å². The van der Waals surface area contributed by atoms with Gasteiger partial charge in [-0.2, -0.15) is 0 Å². The highest BCUT2D eigenvalue weighted by atomic mass is 16.4. The van der Waals surface area contributed by atoms with Crippen molar-refractivity contribution in [3.8, 4) is 0 Å². The Bertz CT molecular complexity index is 201. The molecule has 0 radical (unpaired) electrons. The number of carboxylic acids is 1. The van der Waals surface area contributed by atoms with Crippen LogP contribution in [0.2, 0.25) is 0 Å². The molecule has 0 fully saturated rings. The van der Waals surface area contributed by atoms with Gasteiger partial charge in [0.05, 0.1) is 0 Å². The van der Waals surface area contributed by atoms with Crippen LogP contribution in [0, 0.1) is 0 Å². The van der Waals surface area contributed by atoms with E-state index in [1.807, 2.05) is 20.8 Å². The van der Waals surface area contributed by atoms with Crippen molar-refractivity contribution in [1.29, 1.82) is 0 Å². The van der Waals surface area contributed by atoms with Gasteiger partial charge in [0.25, 0.3) is 0 Å². The number of rotatable bonds is 6.